The number of piperidine rings is 1. The van der Waals surface area contributed by atoms with E-state index in [1.807, 2.05) is 17.2 Å². The van der Waals surface area contributed by atoms with Crippen LogP contribution in [0.1, 0.15) is 33.1 Å². The molecule has 6 heteroatoms. The van der Waals surface area contributed by atoms with Crippen molar-refractivity contribution in [1.82, 2.24) is 14.7 Å². The molecule has 3 rings (SSSR count). The van der Waals surface area contributed by atoms with Crippen LogP contribution in [0.15, 0.2) is 18.5 Å². The molecule has 2 aliphatic heterocycles. The Balaban J connectivity index is 1.46. The lowest BCUT2D eigenvalue weighted by molar-refractivity contribution is -0.311. The van der Waals surface area contributed by atoms with Crippen LogP contribution in [0.25, 0.3) is 0 Å². The molecule has 1 amide bonds. The highest BCUT2D eigenvalue weighted by atomic mass is 16.7. The van der Waals surface area contributed by atoms with E-state index in [2.05, 4.69) is 18.9 Å². The van der Waals surface area contributed by atoms with Crippen molar-refractivity contribution in [2.75, 3.05) is 26.3 Å². The summed E-state index contributed by atoms with van der Waals surface area (Å²) in [5.41, 5.74) is 0.0853. The molecule has 22 heavy (non-hydrogen) atoms. The van der Waals surface area contributed by atoms with Gasteiger partial charge in [0, 0.05) is 56.7 Å². The van der Waals surface area contributed by atoms with Gasteiger partial charge in [0.1, 0.15) is 0 Å². The normalized spacial score (nSPS) is 23.6. The summed E-state index contributed by atoms with van der Waals surface area (Å²) in [6, 6.07) is 1.87. The zero-order valence-electron chi connectivity index (χ0n) is 13.5. The number of hydrogen-bond donors (Lipinski definition) is 0. The average Bonchev–Trinajstić information content (AvgIpc) is 3.03. The van der Waals surface area contributed by atoms with Crippen molar-refractivity contribution in [3.63, 3.8) is 0 Å². The van der Waals surface area contributed by atoms with Gasteiger partial charge in [0.05, 0.1) is 13.2 Å². The Kier molecular flexibility index (Phi) is 4.23. The SMILES string of the molecule is CC1(C)COC2(CCN(C(=O)CCn3cccn3)CC2)OC1. The molecule has 0 N–H and O–H groups in total. The second-order valence-corrected chi connectivity index (χ2v) is 7.05. The number of carbonyl (C=O) groups excluding carboxylic acids is 1. The summed E-state index contributed by atoms with van der Waals surface area (Å²) in [6.07, 6.45) is 5.62. The van der Waals surface area contributed by atoms with Crippen LogP contribution in [0.5, 0.6) is 0 Å². The molecule has 0 radical (unpaired) electrons. The molecule has 1 aromatic rings. The maximum absolute atomic E-state index is 12.3. The molecule has 3 heterocycles. The summed E-state index contributed by atoms with van der Waals surface area (Å²) in [6.45, 7) is 7.79. The maximum atomic E-state index is 12.3. The Bertz CT molecular complexity index is 493. The molecule has 6 nitrogen and oxygen atoms in total. The van der Waals surface area contributed by atoms with E-state index in [4.69, 9.17) is 9.47 Å². The predicted molar refractivity (Wildman–Crippen MR) is 81.1 cm³/mol. The second-order valence-electron chi connectivity index (χ2n) is 7.05. The van der Waals surface area contributed by atoms with Gasteiger partial charge >= 0.3 is 0 Å². The zero-order chi connectivity index (χ0) is 15.6. The molecular formula is C16H25N3O3. The Labute approximate surface area is 131 Å². The molecule has 1 spiro atoms. The molecular weight excluding hydrogens is 282 g/mol. The lowest BCUT2D eigenvalue weighted by Gasteiger charge is -2.47. The Morgan fingerprint density at radius 3 is 2.50 bits per heavy atom. The van der Waals surface area contributed by atoms with Crippen molar-refractivity contribution in [2.45, 2.75) is 45.4 Å². The number of likely N-dealkylation sites (tertiary alicyclic amines) is 1. The van der Waals surface area contributed by atoms with Crippen molar-refractivity contribution in [2.24, 2.45) is 5.41 Å². The van der Waals surface area contributed by atoms with Gasteiger partial charge in [0.15, 0.2) is 5.79 Å². The van der Waals surface area contributed by atoms with Crippen LogP contribution in [-0.2, 0) is 20.8 Å². The number of rotatable bonds is 3. The van der Waals surface area contributed by atoms with Gasteiger partial charge in [-0.15, -0.1) is 0 Å². The van der Waals surface area contributed by atoms with E-state index >= 15 is 0 Å². The zero-order valence-corrected chi connectivity index (χ0v) is 13.5. The minimum Gasteiger partial charge on any atom is -0.349 e. The third-order valence-corrected chi connectivity index (χ3v) is 4.44. The van der Waals surface area contributed by atoms with Crippen molar-refractivity contribution in [3.8, 4) is 0 Å². The molecule has 0 unspecified atom stereocenters. The molecule has 0 bridgehead atoms. The third kappa shape index (κ3) is 3.50. The first-order valence-electron chi connectivity index (χ1n) is 8.01. The van der Waals surface area contributed by atoms with Gasteiger partial charge in [0.25, 0.3) is 0 Å². The third-order valence-electron chi connectivity index (χ3n) is 4.44. The Hall–Kier alpha value is -1.40. The number of amides is 1. The summed E-state index contributed by atoms with van der Waals surface area (Å²) in [5, 5.41) is 4.12. The largest absolute Gasteiger partial charge is 0.349 e. The van der Waals surface area contributed by atoms with Crippen LogP contribution >= 0.6 is 0 Å². The lowest BCUT2D eigenvalue weighted by Crippen LogP contribution is -2.54. The summed E-state index contributed by atoms with van der Waals surface area (Å²) >= 11 is 0. The monoisotopic (exact) mass is 307 g/mol. The van der Waals surface area contributed by atoms with Gasteiger partial charge in [-0.2, -0.15) is 5.10 Å². The van der Waals surface area contributed by atoms with Gasteiger partial charge in [0.2, 0.25) is 5.91 Å². The highest BCUT2D eigenvalue weighted by Gasteiger charge is 2.43. The van der Waals surface area contributed by atoms with E-state index in [1.165, 1.54) is 0 Å². The summed E-state index contributed by atoms with van der Waals surface area (Å²) in [4.78, 5) is 14.2. The quantitative estimate of drug-likeness (QED) is 0.852. The van der Waals surface area contributed by atoms with Gasteiger partial charge in [-0.25, -0.2) is 0 Å². The fourth-order valence-corrected chi connectivity index (χ4v) is 2.92. The van der Waals surface area contributed by atoms with E-state index in [0.29, 0.717) is 26.1 Å². The number of carbonyl (C=O) groups is 1. The molecule has 0 aromatic carbocycles. The maximum Gasteiger partial charge on any atom is 0.224 e. The molecule has 2 saturated heterocycles. The van der Waals surface area contributed by atoms with Crippen LogP contribution in [0.4, 0.5) is 0 Å². The summed E-state index contributed by atoms with van der Waals surface area (Å²) in [7, 11) is 0. The number of hydrogen-bond acceptors (Lipinski definition) is 4. The first-order valence-corrected chi connectivity index (χ1v) is 8.01. The number of ether oxygens (including phenoxy) is 2. The van der Waals surface area contributed by atoms with Gasteiger partial charge in [-0.1, -0.05) is 13.8 Å². The van der Waals surface area contributed by atoms with Gasteiger partial charge in [-0.05, 0) is 6.07 Å². The number of nitrogens with zero attached hydrogens (tertiary/aromatic N) is 3. The smallest absolute Gasteiger partial charge is 0.224 e. The van der Waals surface area contributed by atoms with E-state index in [-0.39, 0.29) is 11.3 Å². The molecule has 2 aliphatic rings. The Morgan fingerprint density at radius 1 is 1.23 bits per heavy atom. The van der Waals surface area contributed by atoms with Gasteiger partial charge < -0.3 is 14.4 Å². The minimum atomic E-state index is -0.464. The van der Waals surface area contributed by atoms with Crippen LogP contribution in [0, 0.1) is 5.41 Å². The molecule has 0 atom stereocenters. The van der Waals surface area contributed by atoms with Crippen LogP contribution in [0.3, 0.4) is 0 Å². The highest BCUT2D eigenvalue weighted by molar-refractivity contribution is 5.76. The van der Waals surface area contributed by atoms with E-state index < -0.39 is 5.79 Å². The molecule has 122 valence electrons. The minimum absolute atomic E-state index is 0.0853. The van der Waals surface area contributed by atoms with E-state index in [0.717, 1.165) is 26.1 Å². The number of aryl methyl sites for hydroxylation is 1. The van der Waals surface area contributed by atoms with Gasteiger partial charge in [-0.3, -0.25) is 9.48 Å². The lowest BCUT2D eigenvalue weighted by atomic mass is 9.92. The summed E-state index contributed by atoms with van der Waals surface area (Å²) in [5.74, 6) is -0.282. The highest BCUT2D eigenvalue weighted by Crippen LogP contribution is 2.36. The van der Waals surface area contributed by atoms with Crippen LogP contribution in [0.2, 0.25) is 0 Å². The van der Waals surface area contributed by atoms with Crippen molar-refractivity contribution >= 4 is 5.91 Å². The fraction of sp³-hybridized carbons (Fsp3) is 0.750. The van der Waals surface area contributed by atoms with E-state index in [9.17, 15) is 4.79 Å². The average molecular weight is 307 g/mol. The molecule has 1 aromatic heterocycles. The number of aromatic nitrogens is 2. The van der Waals surface area contributed by atoms with Crippen molar-refractivity contribution in [1.29, 1.82) is 0 Å². The van der Waals surface area contributed by atoms with Crippen LogP contribution in [-0.4, -0.2) is 52.7 Å². The second kappa shape index (κ2) is 6.01. The fourth-order valence-electron chi connectivity index (χ4n) is 2.92. The van der Waals surface area contributed by atoms with Crippen molar-refractivity contribution < 1.29 is 14.3 Å². The topological polar surface area (TPSA) is 56.6 Å². The molecule has 0 saturated carbocycles. The standard InChI is InChI=1S/C16H25N3O3/c1-15(2)12-21-16(22-13-15)5-10-18(11-6-16)14(20)4-9-19-8-3-7-17-19/h3,7-8H,4-6,9-13H2,1-2H3. The Morgan fingerprint density at radius 2 is 1.91 bits per heavy atom. The first-order chi connectivity index (χ1) is 10.5. The molecule has 0 aliphatic carbocycles. The molecule has 2 fully saturated rings. The summed E-state index contributed by atoms with van der Waals surface area (Å²) < 4.78 is 13.8. The van der Waals surface area contributed by atoms with E-state index in [1.54, 1.807) is 10.9 Å². The van der Waals surface area contributed by atoms with Crippen molar-refractivity contribution in [3.05, 3.63) is 18.5 Å². The first kappa shape index (κ1) is 15.5. The predicted octanol–water partition coefficient (Wildman–Crippen LogP) is 1.66. The van der Waals surface area contributed by atoms with Crippen LogP contribution < -0.4 is 0 Å².